The van der Waals surface area contributed by atoms with E-state index in [-0.39, 0.29) is 12.0 Å². The van der Waals surface area contributed by atoms with E-state index in [1.165, 1.54) is 18.2 Å². The highest BCUT2D eigenvalue weighted by molar-refractivity contribution is 7.99. The number of rotatable bonds is 4. The molecule has 0 aliphatic carbocycles. The summed E-state index contributed by atoms with van der Waals surface area (Å²) in [5, 5.41) is 37.9. The van der Waals surface area contributed by atoms with Crippen LogP contribution in [-0.4, -0.2) is 88.2 Å². The molecule has 0 spiro atoms. The highest BCUT2D eigenvalue weighted by Crippen LogP contribution is 2.34. The second-order valence-electron chi connectivity index (χ2n) is 10.4. The number of fused-ring (bicyclic) bond motifs is 3. The maximum absolute atomic E-state index is 13.4. The summed E-state index contributed by atoms with van der Waals surface area (Å²) in [5.41, 5.74) is -0.660. The minimum absolute atomic E-state index is 0.156. The van der Waals surface area contributed by atoms with Crippen molar-refractivity contribution >= 4 is 17.7 Å². The summed E-state index contributed by atoms with van der Waals surface area (Å²) in [6.07, 6.45) is 3.92. The van der Waals surface area contributed by atoms with E-state index in [9.17, 15) is 20.1 Å². The van der Waals surface area contributed by atoms with Gasteiger partial charge in [0, 0.05) is 18.9 Å². The first-order valence-electron chi connectivity index (χ1n) is 12.5. The van der Waals surface area contributed by atoms with E-state index in [1.807, 2.05) is 6.08 Å². The van der Waals surface area contributed by atoms with E-state index in [0.717, 1.165) is 25.8 Å². The minimum atomic E-state index is -1.32. The van der Waals surface area contributed by atoms with Crippen molar-refractivity contribution in [1.29, 1.82) is 0 Å². The molecular formula is C24H40N2O6S. The van der Waals surface area contributed by atoms with Crippen LogP contribution in [0.25, 0.3) is 0 Å². The Labute approximate surface area is 200 Å². The molecule has 4 aliphatic heterocycles. The molecule has 3 saturated heterocycles. The fourth-order valence-electron chi connectivity index (χ4n) is 5.82. The van der Waals surface area contributed by atoms with Crippen molar-refractivity contribution in [2.45, 2.75) is 94.0 Å². The summed E-state index contributed by atoms with van der Waals surface area (Å²) in [6, 6.07) is -0.930. The molecule has 0 unspecified atom stereocenters. The van der Waals surface area contributed by atoms with Crippen molar-refractivity contribution in [2.75, 3.05) is 18.9 Å². The topological polar surface area (TPSA) is 120 Å². The van der Waals surface area contributed by atoms with Crippen LogP contribution in [0.5, 0.6) is 0 Å². The van der Waals surface area contributed by atoms with Gasteiger partial charge in [0.15, 0.2) is 0 Å². The number of carbonyl (C=O) groups is 1. The van der Waals surface area contributed by atoms with Crippen LogP contribution in [-0.2, 0) is 14.3 Å². The van der Waals surface area contributed by atoms with Gasteiger partial charge in [-0.3, -0.25) is 4.79 Å². The Balaban J connectivity index is 1.44. The van der Waals surface area contributed by atoms with E-state index < -0.39 is 41.9 Å². The first-order valence-corrected chi connectivity index (χ1v) is 13.5. The van der Waals surface area contributed by atoms with Crippen LogP contribution >= 0.6 is 11.8 Å². The van der Waals surface area contributed by atoms with Gasteiger partial charge in [-0.25, -0.2) is 0 Å². The van der Waals surface area contributed by atoms with E-state index in [0.29, 0.717) is 36.5 Å². The number of nitrogens with one attached hydrogen (secondary N) is 2. The molecule has 8 nitrogen and oxygen atoms in total. The van der Waals surface area contributed by atoms with Crippen molar-refractivity contribution in [3.63, 3.8) is 0 Å². The Morgan fingerprint density at radius 2 is 1.97 bits per heavy atom. The number of allylic oxidation sites excluding steroid dienone is 1. The third kappa shape index (κ3) is 5.94. The molecule has 3 fully saturated rings. The Morgan fingerprint density at radius 1 is 1.15 bits per heavy atom. The third-order valence-corrected chi connectivity index (χ3v) is 8.55. The molecule has 0 radical (unpaired) electrons. The summed E-state index contributed by atoms with van der Waals surface area (Å²) in [5.74, 6) is 2.09. The third-order valence-electron chi connectivity index (χ3n) is 7.45. The zero-order valence-electron chi connectivity index (χ0n) is 19.6. The van der Waals surface area contributed by atoms with Gasteiger partial charge in [0.05, 0.1) is 12.1 Å². The molecular weight excluding hydrogens is 444 g/mol. The number of hydrogen-bond acceptors (Lipinski definition) is 8. The Bertz CT molecular complexity index is 694. The lowest BCUT2D eigenvalue weighted by Crippen LogP contribution is -2.64. The molecule has 9 heteroatoms. The van der Waals surface area contributed by atoms with Crippen molar-refractivity contribution in [3.8, 4) is 0 Å². The molecule has 4 aliphatic rings. The molecule has 4 heterocycles. The fourth-order valence-corrected chi connectivity index (χ4v) is 6.82. The maximum atomic E-state index is 13.4. The second kappa shape index (κ2) is 11.4. The second-order valence-corrected chi connectivity index (χ2v) is 11.6. The van der Waals surface area contributed by atoms with Crippen molar-refractivity contribution in [3.05, 3.63) is 12.2 Å². The monoisotopic (exact) mass is 484 g/mol. The van der Waals surface area contributed by atoms with E-state index in [4.69, 9.17) is 9.47 Å². The molecule has 0 aromatic rings. The molecule has 10 atom stereocenters. The number of carbonyl (C=O) groups excluding carboxylic acids is 1. The predicted molar refractivity (Wildman–Crippen MR) is 127 cm³/mol. The molecule has 0 aromatic carbocycles. The number of aliphatic hydroxyl groups is 3. The van der Waals surface area contributed by atoms with Crippen LogP contribution in [0.4, 0.5) is 0 Å². The molecule has 1 amide bonds. The lowest BCUT2D eigenvalue weighted by molar-refractivity contribution is -0.205. The van der Waals surface area contributed by atoms with Crippen LogP contribution in [0.1, 0.15) is 46.0 Å². The molecule has 5 N–H and O–H groups in total. The largest absolute Gasteiger partial charge is 0.388 e. The van der Waals surface area contributed by atoms with E-state index in [2.05, 4.69) is 30.6 Å². The van der Waals surface area contributed by atoms with Crippen LogP contribution in [0, 0.1) is 17.8 Å². The molecule has 33 heavy (non-hydrogen) atoms. The van der Waals surface area contributed by atoms with Crippen LogP contribution < -0.4 is 10.6 Å². The molecule has 0 saturated carbocycles. The van der Waals surface area contributed by atoms with Crippen LogP contribution in [0.3, 0.4) is 0 Å². The molecule has 188 valence electrons. The number of hydrogen-bond donors (Lipinski definition) is 5. The van der Waals surface area contributed by atoms with Crippen LogP contribution in [0.2, 0.25) is 0 Å². The van der Waals surface area contributed by atoms with E-state index in [1.54, 1.807) is 0 Å². The number of ether oxygens (including phenoxy) is 2. The normalized spacial score (nSPS) is 44.2. The first kappa shape index (κ1) is 25.4. The molecule has 4 rings (SSSR count). The van der Waals surface area contributed by atoms with Gasteiger partial charge in [0.1, 0.15) is 35.9 Å². The first-order chi connectivity index (χ1) is 15.8. The van der Waals surface area contributed by atoms with Gasteiger partial charge in [0.2, 0.25) is 5.91 Å². The van der Waals surface area contributed by atoms with Gasteiger partial charge in [-0.1, -0.05) is 26.0 Å². The summed E-state index contributed by atoms with van der Waals surface area (Å²) < 4.78 is 12.2. The Morgan fingerprint density at radius 3 is 2.76 bits per heavy atom. The number of thioether (sulfide) groups is 1. The zero-order valence-corrected chi connectivity index (χ0v) is 20.5. The quantitative estimate of drug-likeness (QED) is 0.372. The van der Waals surface area contributed by atoms with Gasteiger partial charge >= 0.3 is 0 Å². The van der Waals surface area contributed by atoms with Crippen molar-refractivity contribution in [1.82, 2.24) is 10.6 Å². The van der Waals surface area contributed by atoms with E-state index >= 15 is 0 Å². The summed E-state index contributed by atoms with van der Waals surface area (Å²) >= 11 is 1.38. The molecule has 0 aromatic heterocycles. The van der Waals surface area contributed by atoms with Crippen molar-refractivity contribution < 1.29 is 29.6 Å². The zero-order chi connectivity index (χ0) is 23.5. The predicted octanol–water partition coefficient (Wildman–Crippen LogP) is 0.791. The van der Waals surface area contributed by atoms with Crippen LogP contribution in [0.15, 0.2) is 12.2 Å². The lowest BCUT2D eigenvalue weighted by atomic mass is 9.85. The average Bonchev–Trinajstić information content (AvgIpc) is 3.06. The number of amides is 1. The van der Waals surface area contributed by atoms with Gasteiger partial charge in [0.25, 0.3) is 0 Å². The SMILES string of the molecule is CC(C)C[C@@H]1CCO[C@@H]2[C@H](CN[C@@H]2C(=O)N[C@@H]2CCC=CCS[C@H]3O[C@H]2[C@H](O)[C@H](O)[C@H]3O)C1. The van der Waals surface area contributed by atoms with Crippen molar-refractivity contribution in [2.24, 2.45) is 17.8 Å². The maximum Gasteiger partial charge on any atom is 0.240 e. The smallest absolute Gasteiger partial charge is 0.240 e. The minimum Gasteiger partial charge on any atom is -0.388 e. The van der Waals surface area contributed by atoms with Gasteiger partial charge in [-0.05, 0) is 49.9 Å². The van der Waals surface area contributed by atoms with Gasteiger partial charge in [-0.2, -0.15) is 0 Å². The Kier molecular flexibility index (Phi) is 8.76. The molecule has 2 bridgehead atoms. The highest BCUT2D eigenvalue weighted by Gasteiger charge is 2.48. The summed E-state index contributed by atoms with van der Waals surface area (Å²) in [7, 11) is 0. The average molecular weight is 485 g/mol. The van der Waals surface area contributed by atoms with Gasteiger partial charge in [-0.15, -0.1) is 11.8 Å². The standard InChI is InChI=1S/C24H40N2O6S/c1-13(2)10-14-7-8-31-21-15(11-14)12-25-17(21)23(30)26-16-6-4-3-5-9-33-24-20(29)18(27)19(28)22(16)32-24/h3,5,13-22,24-25,27-29H,4,6-12H2,1-2H3,(H,26,30)/t14-,15-,16+,17-,18-,19+,20+,21+,22+,24+/m0/s1. The van der Waals surface area contributed by atoms with Gasteiger partial charge < -0.3 is 35.4 Å². The number of aliphatic hydroxyl groups excluding tert-OH is 3. The summed E-state index contributed by atoms with van der Waals surface area (Å²) in [6.45, 7) is 5.94. The lowest BCUT2D eigenvalue weighted by Gasteiger charge is -2.44. The Hall–Kier alpha value is -0.680. The highest BCUT2D eigenvalue weighted by atomic mass is 32.2. The summed E-state index contributed by atoms with van der Waals surface area (Å²) in [4.78, 5) is 13.4. The fraction of sp³-hybridized carbons (Fsp3) is 0.875.